The molecule has 0 aliphatic heterocycles. The van der Waals surface area contributed by atoms with Gasteiger partial charge in [0.05, 0.1) is 39.3 Å². The van der Waals surface area contributed by atoms with Crippen molar-refractivity contribution >= 4 is 0 Å². The average molecular weight is 648 g/mol. The SMILES string of the molecule is CCOc1ccc(CC(CN(CCN(Cc2nnn[nH]2)Cc2nnn[nH]2)Cc2nnn[nH]2)N(Cc2nnn[nH]2)Cc2nnn[nH]2)cc1. The van der Waals surface area contributed by atoms with Crippen molar-refractivity contribution in [3.05, 3.63) is 59.0 Å². The van der Waals surface area contributed by atoms with Crippen molar-refractivity contribution < 1.29 is 4.74 Å². The highest BCUT2D eigenvalue weighted by molar-refractivity contribution is 5.28. The van der Waals surface area contributed by atoms with Gasteiger partial charge in [-0.05, 0) is 83.2 Å². The van der Waals surface area contributed by atoms with E-state index in [2.05, 4.69) is 130 Å². The van der Waals surface area contributed by atoms with Crippen LogP contribution < -0.4 is 4.74 Å². The molecule has 0 bridgehead atoms. The maximum Gasteiger partial charge on any atom is 0.162 e. The Balaban J connectivity index is 1.26. The Labute approximate surface area is 265 Å². The van der Waals surface area contributed by atoms with E-state index in [1.807, 2.05) is 19.1 Å². The van der Waals surface area contributed by atoms with Gasteiger partial charge in [0.25, 0.3) is 0 Å². The molecule has 0 aliphatic carbocycles. The van der Waals surface area contributed by atoms with Crippen LogP contribution in [0.2, 0.25) is 0 Å². The van der Waals surface area contributed by atoms with Crippen LogP contribution in [0.4, 0.5) is 0 Å². The first-order chi connectivity index (χ1) is 23.2. The summed E-state index contributed by atoms with van der Waals surface area (Å²) in [6.45, 7) is 6.55. The zero-order valence-corrected chi connectivity index (χ0v) is 25.4. The number of hydrogen-bond acceptors (Lipinski definition) is 19. The average Bonchev–Trinajstić information content (AvgIpc) is 3.92. The zero-order valence-electron chi connectivity index (χ0n) is 25.4. The summed E-state index contributed by atoms with van der Waals surface area (Å²) < 4.78 is 5.68. The first-order valence-corrected chi connectivity index (χ1v) is 14.7. The van der Waals surface area contributed by atoms with Gasteiger partial charge in [-0.1, -0.05) is 12.1 Å². The number of benzene rings is 1. The van der Waals surface area contributed by atoms with E-state index in [1.165, 1.54) is 0 Å². The van der Waals surface area contributed by atoms with Crippen LogP contribution in [0.1, 0.15) is 41.6 Å². The van der Waals surface area contributed by atoms with Crippen LogP contribution in [-0.2, 0) is 39.1 Å². The maximum atomic E-state index is 5.68. The lowest BCUT2D eigenvalue weighted by molar-refractivity contribution is 0.102. The van der Waals surface area contributed by atoms with Gasteiger partial charge in [0.15, 0.2) is 29.1 Å². The smallest absolute Gasteiger partial charge is 0.162 e. The van der Waals surface area contributed by atoms with Gasteiger partial charge in [-0.2, -0.15) is 0 Å². The van der Waals surface area contributed by atoms with Crippen LogP contribution in [-0.4, -0.2) is 150 Å². The molecule has 24 heteroatoms. The molecule has 1 unspecified atom stereocenters. The molecule has 5 heterocycles. The van der Waals surface area contributed by atoms with Gasteiger partial charge >= 0.3 is 0 Å². The maximum absolute atomic E-state index is 5.68. The van der Waals surface area contributed by atoms with Gasteiger partial charge in [0.2, 0.25) is 0 Å². The van der Waals surface area contributed by atoms with Gasteiger partial charge in [-0.15, -0.1) is 25.5 Å². The molecule has 0 spiro atoms. The third-order valence-electron chi connectivity index (χ3n) is 7.20. The fraction of sp³-hybridized carbons (Fsp3) is 0.522. The second-order valence-corrected chi connectivity index (χ2v) is 10.5. The van der Waals surface area contributed by atoms with E-state index in [0.717, 1.165) is 11.3 Å². The molecule has 6 aromatic rings. The number of aromatic amines is 5. The summed E-state index contributed by atoms with van der Waals surface area (Å²) in [7, 11) is 0. The number of nitrogens with one attached hydrogen (secondary N) is 5. The second kappa shape index (κ2) is 16.0. The Hall–Kier alpha value is -5.75. The topological polar surface area (TPSA) is 291 Å². The molecule has 0 saturated heterocycles. The molecule has 0 aliphatic rings. The van der Waals surface area contributed by atoms with E-state index in [4.69, 9.17) is 4.74 Å². The van der Waals surface area contributed by atoms with Crippen molar-refractivity contribution in [3.8, 4) is 5.75 Å². The van der Waals surface area contributed by atoms with Crippen molar-refractivity contribution in [2.75, 3.05) is 26.2 Å². The Bertz CT molecular complexity index is 1570. The first kappa shape index (κ1) is 31.2. The van der Waals surface area contributed by atoms with Crippen LogP contribution >= 0.6 is 0 Å². The highest BCUT2D eigenvalue weighted by Gasteiger charge is 2.26. The Morgan fingerprint density at radius 2 is 1.00 bits per heavy atom. The minimum absolute atomic E-state index is 0.0792. The van der Waals surface area contributed by atoms with E-state index in [9.17, 15) is 0 Å². The molecular weight excluding hydrogens is 614 g/mol. The third kappa shape index (κ3) is 9.38. The minimum Gasteiger partial charge on any atom is -0.494 e. The molecule has 1 atom stereocenters. The van der Waals surface area contributed by atoms with Crippen LogP contribution in [0.5, 0.6) is 5.75 Å². The molecular formula is C23H33N23O. The van der Waals surface area contributed by atoms with Gasteiger partial charge in [0, 0.05) is 25.7 Å². The van der Waals surface area contributed by atoms with Crippen molar-refractivity contribution in [3.63, 3.8) is 0 Å². The number of H-pyrrole nitrogens is 5. The number of hydrogen-bond donors (Lipinski definition) is 5. The fourth-order valence-electron chi connectivity index (χ4n) is 5.06. The molecule has 246 valence electrons. The monoisotopic (exact) mass is 647 g/mol. The van der Waals surface area contributed by atoms with Crippen molar-refractivity contribution in [2.24, 2.45) is 0 Å². The second-order valence-electron chi connectivity index (χ2n) is 10.5. The highest BCUT2D eigenvalue weighted by Crippen LogP contribution is 2.19. The van der Waals surface area contributed by atoms with Gasteiger partial charge in [-0.25, -0.2) is 25.5 Å². The van der Waals surface area contributed by atoms with E-state index in [-0.39, 0.29) is 6.04 Å². The summed E-state index contributed by atoms with van der Waals surface area (Å²) in [6.07, 6.45) is 0.678. The number of rotatable bonds is 20. The molecule has 0 radical (unpaired) electrons. The largest absolute Gasteiger partial charge is 0.494 e. The fourth-order valence-corrected chi connectivity index (χ4v) is 5.06. The molecule has 0 fully saturated rings. The number of ether oxygens (including phenoxy) is 1. The van der Waals surface area contributed by atoms with Crippen LogP contribution in [0.15, 0.2) is 24.3 Å². The van der Waals surface area contributed by atoms with E-state index < -0.39 is 0 Å². The zero-order chi connectivity index (χ0) is 32.1. The third-order valence-corrected chi connectivity index (χ3v) is 7.20. The van der Waals surface area contributed by atoms with Crippen molar-refractivity contribution in [2.45, 2.75) is 52.1 Å². The lowest BCUT2D eigenvalue weighted by atomic mass is 10.0. The number of tetrazole rings is 5. The molecule has 0 saturated carbocycles. The predicted octanol–water partition coefficient (Wildman–Crippen LogP) is -2.53. The van der Waals surface area contributed by atoms with Crippen LogP contribution in [0.25, 0.3) is 0 Å². The molecule has 0 amide bonds. The summed E-state index contributed by atoms with van der Waals surface area (Å²) in [5, 5.41) is 72.4. The summed E-state index contributed by atoms with van der Waals surface area (Å²) in [5.74, 6) is 3.88. The van der Waals surface area contributed by atoms with Gasteiger partial charge < -0.3 is 4.74 Å². The lowest BCUT2D eigenvalue weighted by Gasteiger charge is -2.35. The van der Waals surface area contributed by atoms with Crippen LogP contribution in [0, 0.1) is 0 Å². The molecule has 5 aromatic heterocycles. The van der Waals surface area contributed by atoms with Crippen molar-refractivity contribution in [1.82, 2.24) is 118 Å². The summed E-state index contributed by atoms with van der Waals surface area (Å²) in [4.78, 5) is 6.64. The number of aromatic nitrogens is 20. The van der Waals surface area contributed by atoms with Crippen LogP contribution in [0.3, 0.4) is 0 Å². The van der Waals surface area contributed by atoms with Gasteiger partial charge in [0.1, 0.15) is 5.75 Å². The Morgan fingerprint density at radius 3 is 1.43 bits per heavy atom. The minimum atomic E-state index is -0.0792. The van der Waals surface area contributed by atoms with E-state index in [1.54, 1.807) is 0 Å². The Kier molecular flexibility index (Phi) is 10.6. The molecule has 5 N–H and O–H groups in total. The standard InChI is InChI=1S/C23H33N23O/c1-2-47-18-5-3-16(4-6-18)9-17(46(14-22-30-40-41-31-22)15-23-32-42-43-33-23)10-44(11-19-24-34-35-25-19)7-8-45(12-20-26-36-37-27-20)13-21-28-38-39-29-21/h3-6,17H,2,7-15H2,1H3,(H,24,25,34,35)(H,26,27,36,37)(H,28,29,38,39)(H,30,31,40,41)(H,32,33,42,43). The van der Waals surface area contributed by atoms with Gasteiger partial charge in [-0.3, -0.25) is 14.7 Å². The van der Waals surface area contributed by atoms with Crippen molar-refractivity contribution in [1.29, 1.82) is 0 Å². The quantitative estimate of drug-likeness (QED) is 0.0570. The Morgan fingerprint density at radius 1 is 0.574 bits per heavy atom. The molecule has 24 nitrogen and oxygen atoms in total. The summed E-state index contributed by atoms with van der Waals surface area (Å²) >= 11 is 0. The normalized spacial score (nSPS) is 12.4. The molecule has 47 heavy (non-hydrogen) atoms. The lowest BCUT2D eigenvalue weighted by Crippen LogP contribution is -2.46. The predicted molar refractivity (Wildman–Crippen MR) is 155 cm³/mol. The van der Waals surface area contributed by atoms with E-state index >= 15 is 0 Å². The summed E-state index contributed by atoms with van der Waals surface area (Å²) in [5.41, 5.74) is 1.12. The highest BCUT2D eigenvalue weighted by atomic mass is 16.5. The van der Waals surface area contributed by atoms with E-state index in [0.29, 0.717) is 94.5 Å². The first-order valence-electron chi connectivity index (χ1n) is 14.7. The molecule has 1 aromatic carbocycles. The summed E-state index contributed by atoms with van der Waals surface area (Å²) in [6, 6.07) is 8.03. The molecule has 6 rings (SSSR count). The number of nitrogens with zero attached hydrogens (tertiary/aromatic N) is 18.